The van der Waals surface area contributed by atoms with Gasteiger partial charge >= 0.3 is 6.03 Å². The lowest BCUT2D eigenvalue weighted by molar-refractivity contribution is 0.175. The van der Waals surface area contributed by atoms with E-state index >= 15 is 0 Å². The van der Waals surface area contributed by atoms with Crippen molar-refractivity contribution in [2.24, 2.45) is 0 Å². The van der Waals surface area contributed by atoms with Crippen molar-refractivity contribution in [3.8, 4) is 0 Å². The number of carbonyl (C=O) groups excluding carboxylic acids is 1. The molecule has 1 N–H and O–H groups in total. The van der Waals surface area contributed by atoms with E-state index in [0.717, 1.165) is 29.5 Å². The molecule has 1 atom stereocenters. The minimum Gasteiger partial charge on any atom is -0.348 e. The lowest BCUT2D eigenvalue weighted by Crippen LogP contribution is -2.43. The van der Waals surface area contributed by atoms with E-state index in [2.05, 4.69) is 41.2 Å². The Balaban J connectivity index is 1.61. The Morgan fingerprint density at radius 1 is 1.04 bits per heavy atom. The number of nitrogens with one attached hydrogen (secondary N) is 1. The van der Waals surface area contributed by atoms with Gasteiger partial charge in [0.25, 0.3) is 0 Å². The molecular weight excluding hydrogens is 286 g/mol. The van der Waals surface area contributed by atoms with Crippen LogP contribution in [0.3, 0.4) is 0 Å². The molecule has 2 aromatic carbocycles. The summed E-state index contributed by atoms with van der Waals surface area (Å²) in [7, 11) is 0. The number of amides is 2. The molecule has 4 rings (SSSR count). The molecule has 1 aromatic heterocycles. The Labute approximate surface area is 135 Å². The van der Waals surface area contributed by atoms with Crippen molar-refractivity contribution in [1.29, 1.82) is 0 Å². The molecule has 0 aliphatic carbocycles. The predicted molar refractivity (Wildman–Crippen MR) is 92.5 cm³/mol. The number of benzene rings is 2. The summed E-state index contributed by atoms with van der Waals surface area (Å²) in [6.45, 7) is 3.64. The number of rotatable bonds is 1. The topological polar surface area (TPSA) is 37.3 Å². The molecule has 3 aromatic rings. The fourth-order valence-electron chi connectivity index (χ4n) is 3.38. The van der Waals surface area contributed by atoms with Crippen molar-refractivity contribution in [3.63, 3.8) is 0 Å². The lowest BCUT2D eigenvalue weighted by Gasteiger charge is -2.35. The van der Waals surface area contributed by atoms with E-state index in [1.54, 1.807) is 0 Å². The third-order valence-electron chi connectivity index (χ3n) is 4.63. The lowest BCUT2D eigenvalue weighted by atomic mass is 10.1. The van der Waals surface area contributed by atoms with E-state index in [-0.39, 0.29) is 12.1 Å². The van der Waals surface area contributed by atoms with Crippen LogP contribution in [-0.2, 0) is 6.54 Å². The maximum absolute atomic E-state index is 12.8. The van der Waals surface area contributed by atoms with Gasteiger partial charge in [-0.3, -0.25) is 0 Å². The first-order valence-corrected chi connectivity index (χ1v) is 7.94. The van der Waals surface area contributed by atoms with Gasteiger partial charge < -0.3 is 14.8 Å². The van der Waals surface area contributed by atoms with E-state index in [4.69, 9.17) is 0 Å². The molecular formula is C19H19N3O. The molecule has 0 fully saturated rings. The van der Waals surface area contributed by atoms with Crippen molar-refractivity contribution in [2.45, 2.75) is 19.5 Å². The third kappa shape index (κ3) is 2.36. The van der Waals surface area contributed by atoms with E-state index in [1.807, 2.05) is 41.3 Å². The second kappa shape index (κ2) is 5.47. The van der Waals surface area contributed by atoms with E-state index in [1.165, 1.54) is 5.69 Å². The molecule has 0 saturated carbocycles. The molecule has 1 aliphatic heterocycles. The number of nitrogens with zero attached hydrogens (tertiary/aromatic N) is 2. The molecule has 23 heavy (non-hydrogen) atoms. The Bertz CT molecular complexity index is 862. The van der Waals surface area contributed by atoms with Gasteiger partial charge in [-0.1, -0.05) is 36.4 Å². The standard InChI is InChI=1S/C19H19N3O/c1-14-18-10-5-11-21(18)12-13-22(14)19(23)20-17-9-4-7-15-6-2-3-8-16(15)17/h2-11,14H,12-13H2,1H3,(H,20,23). The zero-order chi connectivity index (χ0) is 15.8. The maximum atomic E-state index is 12.8. The van der Waals surface area contributed by atoms with Crippen LogP contribution < -0.4 is 5.32 Å². The van der Waals surface area contributed by atoms with Gasteiger partial charge in [0.2, 0.25) is 0 Å². The van der Waals surface area contributed by atoms with Gasteiger partial charge in [-0.2, -0.15) is 0 Å². The van der Waals surface area contributed by atoms with Crippen LogP contribution in [0.25, 0.3) is 10.8 Å². The predicted octanol–water partition coefficient (Wildman–Crippen LogP) is 4.25. The normalized spacial score (nSPS) is 17.1. The Morgan fingerprint density at radius 2 is 1.87 bits per heavy atom. The molecule has 0 saturated heterocycles. The summed E-state index contributed by atoms with van der Waals surface area (Å²) in [5.41, 5.74) is 2.05. The molecule has 0 bridgehead atoms. The molecule has 2 amide bonds. The van der Waals surface area contributed by atoms with Crippen molar-refractivity contribution < 1.29 is 4.79 Å². The monoisotopic (exact) mass is 305 g/mol. The smallest absolute Gasteiger partial charge is 0.322 e. The maximum Gasteiger partial charge on any atom is 0.322 e. The highest BCUT2D eigenvalue weighted by molar-refractivity contribution is 6.01. The van der Waals surface area contributed by atoms with Crippen LogP contribution in [0.1, 0.15) is 18.7 Å². The molecule has 0 spiro atoms. The second-order valence-electron chi connectivity index (χ2n) is 5.95. The molecule has 0 radical (unpaired) electrons. The number of aromatic nitrogens is 1. The summed E-state index contributed by atoms with van der Waals surface area (Å²) < 4.78 is 2.21. The van der Waals surface area contributed by atoms with Crippen LogP contribution >= 0.6 is 0 Å². The highest BCUT2D eigenvalue weighted by atomic mass is 16.2. The van der Waals surface area contributed by atoms with Crippen LogP contribution in [-0.4, -0.2) is 22.0 Å². The largest absolute Gasteiger partial charge is 0.348 e. The van der Waals surface area contributed by atoms with Crippen LogP contribution in [0.5, 0.6) is 0 Å². The summed E-state index contributed by atoms with van der Waals surface area (Å²) in [5.74, 6) is 0. The van der Waals surface area contributed by atoms with Gasteiger partial charge in [0.15, 0.2) is 0 Å². The highest BCUT2D eigenvalue weighted by Gasteiger charge is 2.27. The summed E-state index contributed by atoms with van der Waals surface area (Å²) in [4.78, 5) is 14.7. The molecule has 1 unspecified atom stereocenters. The number of urea groups is 1. The summed E-state index contributed by atoms with van der Waals surface area (Å²) >= 11 is 0. The van der Waals surface area contributed by atoms with Crippen molar-refractivity contribution in [1.82, 2.24) is 9.47 Å². The summed E-state index contributed by atoms with van der Waals surface area (Å²) in [6, 6.07) is 18.2. The zero-order valence-electron chi connectivity index (χ0n) is 13.1. The van der Waals surface area contributed by atoms with E-state index < -0.39 is 0 Å². The van der Waals surface area contributed by atoms with Crippen molar-refractivity contribution >= 4 is 22.5 Å². The van der Waals surface area contributed by atoms with Crippen LogP contribution in [0, 0.1) is 0 Å². The van der Waals surface area contributed by atoms with Crippen molar-refractivity contribution in [3.05, 3.63) is 66.5 Å². The van der Waals surface area contributed by atoms with Gasteiger partial charge in [-0.05, 0) is 30.5 Å². The first-order valence-electron chi connectivity index (χ1n) is 7.94. The number of carbonyl (C=O) groups is 1. The number of anilines is 1. The zero-order valence-corrected chi connectivity index (χ0v) is 13.1. The minimum absolute atomic E-state index is 0.0405. The third-order valence-corrected chi connectivity index (χ3v) is 4.63. The van der Waals surface area contributed by atoms with Gasteiger partial charge in [0, 0.05) is 30.4 Å². The van der Waals surface area contributed by atoms with Crippen LogP contribution in [0.4, 0.5) is 10.5 Å². The first-order chi connectivity index (χ1) is 11.2. The molecule has 4 nitrogen and oxygen atoms in total. The first kappa shape index (κ1) is 13.9. The minimum atomic E-state index is -0.0405. The van der Waals surface area contributed by atoms with Crippen molar-refractivity contribution in [2.75, 3.05) is 11.9 Å². The highest BCUT2D eigenvalue weighted by Crippen LogP contribution is 2.28. The number of hydrogen-bond acceptors (Lipinski definition) is 1. The van der Waals surface area contributed by atoms with E-state index in [9.17, 15) is 4.79 Å². The average Bonchev–Trinajstić information content (AvgIpc) is 3.05. The van der Waals surface area contributed by atoms with E-state index in [0.29, 0.717) is 0 Å². The van der Waals surface area contributed by atoms with Gasteiger partial charge in [-0.15, -0.1) is 0 Å². The van der Waals surface area contributed by atoms with Crippen LogP contribution in [0.15, 0.2) is 60.8 Å². The van der Waals surface area contributed by atoms with Crippen LogP contribution in [0.2, 0.25) is 0 Å². The number of hydrogen-bond donors (Lipinski definition) is 1. The van der Waals surface area contributed by atoms with Gasteiger partial charge in [0.05, 0.1) is 11.7 Å². The quantitative estimate of drug-likeness (QED) is 0.717. The van der Waals surface area contributed by atoms with Gasteiger partial charge in [-0.25, -0.2) is 4.79 Å². The number of fused-ring (bicyclic) bond motifs is 2. The summed E-state index contributed by atoms with van der Waals surface area (Å²) in [6.07, 6.45) is 2.08. The SMILES string of the molecule is CC1c2cccn2CCN1C(=O)Nc1cccc2ccccc12. The molecule has 116 valence electrons. The Hall–Kier alpha value is -2.75. The van der Waals surface area contributed by atoms with Gasteiger partial charge in [0.1, 0.15) is 0 Å². The fourth-order valence-corrected chi connectivity index (χ4v) is 3.38. The molecule has 2 heterocycles. The second-order valence-corrected chi connectivity index (χ2v) is 5.95. The molecule has 1 aliphatic rings. The Kier molecular flexibility index (Phi) is 3.30. The average molecular weight is 305 g/mol. The molecule has 4 heteroatoms. The summed E-state index contributed by atoms with van der Waals surface area (Å²) in [5, 5.41) is 5.28. The fraction of sp³-hybridized carbons (Fsp3) is 0.211. The Morgan fingerprint density at radius 3 is 2.78 bits per heavy atom.